The molecule has 0 aliphatic carbocycles. The fourth-order valence-electron chi connectivity index (χ4n) is 3.29. The first-order valence-electron chi connectivity index (χ1n) is 7.56. The van der Waals surface area contributed by atoms with Gasteiger partial charge in [0.1, 0.15) is 5.75 Å². The topological polar surface area (TPSA) is 39.5 Å². The third-order valence-electron chi connectivity index (χ3n) is 4.26. The van der Waals surface area contributed by atoms with E-state index in [1.807, 2.05) is 30.1 Å². The lowest BCUT2D eigenvalue weighted by Gasteiger charge is -2.32. The molecule has 1 atom stereocenters. The van der Waals surface area contributed by atoms with Crippen molar-refractivity contribution in [1.82, 2.24) is 14.7 Å². The number of rotatable bonds is 5. The van der Waals surface area contributed by atoms with Gasteiger partial charge in [-0.15, -0.1) is 0 Å². The van der Waals surface area contributed by atoms with Gasteiger partial charge >= 0.3 is 0 Å². The number of ether oxygens (including phenoxy) is 2. The molecule has 1 aromatic carbocycles. The highest BCUT2D eigenvalue weighted by Gasteiger charge is 2.28. The monoisotopic (exact) mass is 301 g/mol. The van der Waals surface area contributed by atoms with E-state index in [2.05, 4.69) is 22.1 Å². The molecule has 0 amide bonds. The van der Waals surface area contributed by atoms with Crippen molar-refractivity contribution in [3.63, 3.8) is 0 Å². The van der Waals surface area contributed by atoms with Crippen LogP contribution in [0.3, 0.4) is 0 Å². The lowest BCUT2D eigenvalue weighted by atomic mass is 9.96. The normalized spacial score (nSPS) is 18.2. The van der Waals surface area contributed by atoms with Gasteiger partial charge in [-0.3, -0.25) is 9.58 Å². The molecule has 5 heteroatoms. The summed E-state index contributed by atoms with van der Waals surface area (Å²) in [5, 5.41) is 4.41. The van der Waals surface area contributed by atoms with E-state index in [0.717, 1.165) is 32.0 Å². The van der Waals surface area contributed by atoms with E-state index in [1.165, 1.54) is 16.8 Å². The first-order valence-corrected chi connectivity index (χ1v) is 7.56. The molecule has 1 aliphatic rings. The van der Waals surface area contributed by atoms with Crippen LogP contribution in [-0.2, 0) is 24.9 Å². The minimum atomic E-state index is 0.375. The minimum Gasteiger partial charge on any atom is -0.497 e. The standard InChI is InChI=1S/C17H23N3O2/c1-19-17-14(8-18-19)10-20(11-15(17)12-21-2)9-13-4-6-16(22-3)7-5-13/h4-8,15H,9-12H2,1-3H3/t15-/m1/s1. The van der Waals surface area contributed by atoms with Crippen molar-refractivity contribution < 1.29 is 9.47 Å². The van der Waals surface area contributed by atoms with Crippen LogP contribution in [-0.4, -0.2) is 42.1 Å². The molecule has 2 aromatic rings. The van der Waals surface area contributed by atoms with E-state index in [0.29, 0.717) is 5.92 Å². The number of hydrogen-bond acceptors (Lipinski definition) is 4. The Labute approximate surface area is 131 Å². The highest BCUT2D eigenvalue weighted by atomic mass is 16.5. The van der Waals surface area contributed by atoms with Crippen molar-refractivity contribution in [1.29, 1.82) is 0 Å². The molecule has 0 bridgehead atoms. The molecule has 0 fully saturated rings. The Kier molecular flexibility index (Phi) is 4.45. The number of methoxy groups -OCH3 is 2. The number of nitrogens with zero attached hydrogens (tertiary/aromatic N) is 3. The largest absolute Gasteiger partial charge is 0.497 e. The Hall–Kier alpha value is -1.85. The molecule has 1 aliphatic heterocycles. The van der Waals surface area contributed by atoms with Crippen molar-refractivity contribution in [3.8, 4) is 5.75 Å². The van der Waals surface area contributed by atoms with Gasteiger partial charge in [-0.2, -0.15) is 5.10 Å². The van der Waals surface area contributed by atoms with E-state index in [4.69, 9.17) is 9.47 Å². The quantitative estimate of drug-likeness (QED) is 0.848. The SMILES string of the molecule is COC[C@H]1CN(Cc2ccc(OC)cc2)Cc2cnn(C)c21. The average Bonchev–Trinajstić information content (AvgIpc) is 2.90. The van der Waals surface area contributed by atoms with Crippen LogP contribution in [0, 0.1) is 0 Å². The third kappa shape index (κ3) is 3.00. The number of aromatic nitrogens is 2. The van der Waals surface area contributed by atoms with E-state index in [9.17, 15) is 0 Å². The molecule has 0 spiro atoms. The first-order chi connectivity index (χ1) is 10.7. The predicted molar refractivity (Wildman–Crippen MR) is 84.9 cm³/mol. The summed E-state index contributed by atoms with van der Waals surface area (Å²) in [7, 11) is 5.47. The Balaban J connectivity index is 1.75. The van der Waals surface area contributed by atoms with E-state index in [-0.39, 0.29) is 0 Å². The van der Waals surface area contributed by atoms with Crippen molar-refractivity contribution in [2.24, 2.45) is 7.05 Å². The second-order valence-corrected chi connectivity index (χ2v) is 5.85. The molecule has 3 rings (SSSR count). The maximum atomic E-state index is 5.41. The van der Waals surface area contributed by atoms with Crippen LogP contribution in [0.15, 0.2) is 30.5 Å². The smallest absolute Gasteiger partial charge is 0.118 e. The second-order valence-electron chi connectivity index (χ2n) is 5.85. The summed E-state index contributed by atoms with van der Waals surface area (Å²) in [6.07, 6.45) is 1.98. The van der Waals surface area contributed by atoms with Gasteiger partial charge in [0.2, 0.25) is 0 Å². The molecule has 118 valence electrons. The molecule has 0 radical (unpaired) electrons. The summed E-state index contributed by atoms with van der Waals surface area (Å²) in [6, 6.07) is 8.29. The summed E-state index contributed by atoms with van der Waals surface area (Å²) >= 11 is 0. The van der Waals surface area contributed by atoms with Gasteiger partial charge in [-0.25, -0.2) is 0 Å². The third-order valence-corrected chi connectivity index (χ3v) is 4.26. The van der Waals surface area contributed by atoms with Gasteiger partial charge in [-0.1, -0.05) is 12.1 Å². The maximum Gasteiger partial charge on any atom is 0.118 e. The fraction of sp³-hybridized carbons (Fsp3) is 0.471. The molecule has 5 nitrogen and oxygen atoms in total. The summed E-state index contributed by atoms with van der Waals surface area (Å²) in [5.74, 6) is 1.27. The number of hydrogen-bond donors (Lipinski definition) is 0. The molecule has 0 unspecified atom stereocenters. The molecular weight excluding hydrogens is 278 g/mol. The highest BCUT2D eigenvalue weighted by Crippen LogP contribution is 2.29. The molecule has 22 heavy (non-hydrogen) atoms. The Morgan fingerprint density at radius 2 is 2.00 bits per heavy atom. The Bertz CT molecular complexity index is 621. The summed E-state index contributed by atoms with van der Waals surface area (Å²) < 4.78 is 12.6. The lowest BCUT2D eigenvalue weighted by molar-refractivity contribution is 0.132. The van der Waals surface area contributed by atoms with E-state index < -0.39 is 0 Å². The Morgan fingerprint density at radius 1 is 1.23 bits per heavy atom. The molecule has 0 saturated heterocycles. The highest BCUT2D eigenvalue weighted by molar-refractivity contribution is 5.29. The van der Waals surface area contributed by atoms with Gasteiger partial charge in [0, 0.05) is 51.0 Å². The van der Waals surface area contributed by atoms with Crippen LogP contribution in [0.2, 0.25) is 0 Å². The predicted octanol–water partition coefficient (Wildman–Crippen LogP) is 2.17. The zero-order chi connectivity index (χ0) is 15.5. The fourth-order valence-corrected chi connectivity index (χ4v) is 3.29. The van der Waals surface area contributed by atoms with Gasteiger partial charge in [-0.05, 0) is 17.7 Å². The Morgan fingerprint density at radius 3 is 2.68 bits per heavy atom. The van der Waals surface area contributed by atoms with E-state index in [1.54, 1.807) is 14.2 Å². The van der Waals surface area contributed by atoms with Gasteiger partial charge in [0.15, 0.2) is 0 Å². The average molecular weight is 301 g/mol. The van der Waals surface area contributed by atoms with Gasteiger partial charge < -0.3 is 9.47 Å². The van der Waals surface area contributed by atoms with Crippen LogP contribution < -0.4 is 4.74 Å². The van der Waals surface area contributed by atoms with Crippen LogP contribution in [0.5, 0.6) is 5.75 Å². The maximum absolute atomic E-state index is 5.41. The zero-order valence-corrected chi connectivity index (χ0v) is 13.5. The van der Waals surface area contributed by atoms with Gasteiger partial charge in [0.25, 0.3) is 0 Å². The van der Waals surface area contributed by atoms with Crippen molar-refractivity contribution in [2.45, 2.75) is 19.0 Å². The van der Waals surface area contributed by atoms with Crippen molar-refractivity contribution in [2.75, 3.05) is 27.4 Å². The van der Waals surface area contributed by atoms with E-state index >= 15 is 0 Å². The summed E-state index contributed by atoms with van der Waals surface area (Å²) in [4.78, 5) is 2.45. The lowest BCUT2D eigenvalue weighted by Crippen LogP contribution is -2.35. The van der Waals surface area contributed by atoms with Crippen LogP contribution in [0.25, 0.3) is 0 Å². The molecular formula is C17H23N3O2. The van der Waals surface area contributed by atoms with Gasteiger partial charge in [0.05, 0.1) is 19.9 Å². The van der Waals surface area contributed by atoms with Crippen molar-refractivity contribution >= 4 is 0 Å². The van der Waals surface area contributed by atoms with Crippen molar-refractivity contribution in [3.05, 3.63) is 47.3 Å². The molecule has 1 aromatic heterocycles. The summed E-state index contributed by atoms with van der Waals surface area (Å²) in [5.41, 5.74) is 3.92. The second kappa shape index (κ2) is 6.50. The van der Waals surface area contributed by atoms with Crippen LogP contribution in [0.1, 0.15) is 22.7 Å². The first kappa shape index (κ1) is 15.1. The summed E-state index contributed by atoms with van der Waals surface area (Å²) in [6.45, 7) is 3.59. The minimum absolute atomic E-state index is 0.375. The number of aryl methyl sites for hydroxylation is 1. The molecule has 0 saturated carbocycles. The number of fused-ring (bicyclic) bond motifs is 1. The van der Waals surface area contributed by atoms with Crippen LogP contribution in [0.4, 0.5) is 0 Å². The van der Waals surface area contributed by atoms with Crippen LogP contribution >= 0.6 is 0 Å². The molecule has 0 N–H and O–H groups in total. The number of benzene rings is 1. The zero-order valence-electron chi connectivity index (χ0n) is 13.5. The molecule has 2 heterocycles.